The fraction of sp³-hybridized carbons (Fsp3) is 0.917. The minimum Gasteiger partial charge on any atom is -0.481 e. The summed E-state index contributed by atoms with van der Waals surface area (Å²) in [6.45, 7) is 0. The van der Waals surface area contributed by atoms with Crippen molar-refractivity contribution in [3.8, 4) is 0 Å². The van der Waals surface area contributed by atoms with Gasteiger partial charge >= 0.3 is 5.97 Å². The molecule has 0 spiro atoms. The lowest BCUT2D eigenvalue weighted by Crippen LogP contribution is -2.53. The van der Waals surface area contributed by atoms with E-state index in [0.717, 1.165) is 32.1 Å². The second kappa shape index (κ2) is 2.97. The molecule has 5 atom stereocenters. The molecule has 3 heteroatoms. The highest BCUT2D eigenvalue weighted by atomic mass is 16.4. The van der Waals surface area contributed by atoms with Crippen molar-refractivity contribution in [2.24, 2.45) is 23.7 Å². The standard InChI is InChI=1S/C12H18O3/c13-11(14)10-6-12(15)4-7-1-2-9(10)8(3-7)5-12/h7-10,15H,1-6H2,(H,13,14). The van der Waals surface area contributed by atoms with Gasteiger partial charge in [-0.3, -0.25) is 4.79 Å². The van der Waals surface area contributed by atoms with Crippen molar-refractivity contribution in [1.82, 2.24) is 0 Å². The fourth-order valence-electron chi connectivity index (χ4n) is 4.44. The molecule has 84 valence electrons. The topological polar surface area (TPSA) is 57.5 Å². The SMILES string of the molecule is O=C(O)C1CC2(O)CC3CCC1C(C3)C2. The predicted octanol–water partition coefficient (Wildman–Crippen LogP) is 1.65. The lowest BCUT2D eigenvalue weighted by atomic mass is 9.52. The van der Waals surface area contributed by atoms with Crippen molar-refractivity contribution in [3.05, 3.63) is 0 Å². The average molecular weight is 210 g/mol. The molecular weight excluding hydrogens is 192 g/mol. The molecule has 0 aromatic carbocycles. The van der Waals surface area contributed by atoms with Crippen LogP contribution in [0.1, 0.15) is 38.5 Å². The van der Waals surface area contributed by atoms with Gasteiger partial charge in [0.15, 0.2) is 0 Å². The summed E-state index contributed by atoms with van der Waals surface area (Å²) < 4.78 is 0. The zero-order chi connectivity index (χ0) is 10.6. The van der Waals surface area contributed by atoms with Gasteiger partial charge in [0.05, 0.1) is 11.5 Å². The second-order valence-corrected chi connectivity index (χ2v) is 5.88. The number of fused-ring (bicyclic) bond motifs is 2. The van der Waals surface area contributed by atoms with Crippen LogP contribution in [0.25, 0.3) is 0 Å². The Morgan fingerprint density at radius 1 is 1.20 bits per heavy atom. The number of hydrogen-bond donors (Lipinski definition) is 2. The highest BCUT2D eigenvalue weighted by molar-refractivity contribution is 5.71. The monoisotopic (exact) mass is 210 g/mol. The molecule has 3 aliphatic rings. The van der Waals surface area contributed by atoms with E-state index in [0.29, 0.717) is 24.2 Å². The van der Waals surface area contributed by atoms with Crippen molar-refractivity contribution in [2.45, 2.75) is 44.1 Å². The van der Waals surface area contributed by atoms with E-state index in [1.165, 1.54) is 0 Å². The van der Waals surface area contributed by atoms with Gasteiger partial charge in [-0.05, 0) is 49.9 Å². The Morgan fingerprint density at radius 3 is 2.73 bits per heavy atom. The maximum atomic E-state index is 11.2. The number of carbonyl (C=O) groups is 1. The molecule has 3 rings (SSSR count). The fourth-order valence-corrected chi connectivity index (χ4v) is 4.44. The van der Waals surface area contributed by atoms with Crippen LogP contribution in [-0.2, 0) is 4.79 Å². The van der Waals surface area contributed by atoms with Crippen molar-refractivity contribution in [3.63, 3.8) is 0 Å². The van der Waals surface area contributed by atoms with E-state index in [9.17, 15) is 15.0 Å². The average Bonchev–Trinajstić information content (AvgIpc) is 2.13. The van der Waals surface area contributed by atoms with Gasteiger partial charge in [-0.2, -0.15) is 0 Å². The molecular formula is C12H18O3. The van der Waals surface area contributed by atoms with Crippen LogP contribution < -0.4 is 0 Å². The molecule has 3 bridgehead atoms. The number of hydrogen-bond acceptors (Lipinski definition) is 2. The van der Waals surface area contributed by atoms with Crippen LogP contribution in [-0.4, -0.2) is 21.8 Å². The maximum absolute atomic E-state index is 11.2. The number of carboxylic acids is 1. The Kier molecular flexibility index (Phi) is 1.91. The van der Waals surface area contributed by atoms with Gasteiger partial charge in [0.25, 0.3) is 0 Å². The highest BCUT2D eigenvalue weighted by Gasteiger charge is 2.53. The lowest BCUT2D eigenvalue weighted by molar-refractivity contribution is -0.167. The van der Waals surface area contributed by atoms with Crippen LogP contribution >= 0.6 is 0 Å². The summed E-state index contributed by atoms with van der Waals surface area (Å²) in [5.74, 6) is 0.523. The first-order valence-corrected chi connectivity index (χ1v) is 6.03. The second-order valence-electron chi connectivity index (χ2n) is 5.88. The number of rotatable bonds is 1. The maximum Gasteiger partial charge on any atom is 0.306 e. The van der Waals surface area contributed by atoms with E-state index >= 15 is 0 Å². The first-order chi connectivity index (χ1) is 7.07. The van der Waals surface area contributed by atoms with Crippen LogP contribution in [0.15, 0.2) is 0 Å². The largest absolute Gasteiger partial charge is 0.481 e. The molecule has 0 aliphatic heterocycles. The minimum atomic E-state index is -0.691. The molecule has 3 fully saturated rings. The summed E-state index contributed by atoms with van der Waals surface area (Å²) in [7, 11) is 0. The third-order valence-corrected chi connectivity index (χ3v) is 4.89. The summed E-state index contributed by atoms with van der Waals surface area (Å²) in [6, 6.07) is 0. The normalized spacial score (nSPS) is 52.9. The Balaban J connectivity index is 1.93. The van der Waals surface area contributed by atoms with Gasteiger partial charge in [-0.25, -0.2) is 0 Å². The van der Waals surface area contributed by atoms with Crippen LogP contribution in [0.4, 0.5) is 0 Å². The predicted molar refractivity (Wildman–Crippen MR) is 54.2 cm³/mol. The molecule has 2 N–H and O–H groups in total. The Bertz CT molecular complexity index is 297. The third-order valence-electron chi connectivity index (χ3n) is 4.89. The Hall–Kier alpha value is -0.570. The van der Waals surface area contributed by atoms with Crippen molar-refractivity contribution in [1.29, 1.82) is 0 Å². The summed E-state index contributed by atoms with van der Waals surface area (Å²) >= 11 is 0. The number of aliphatic carboxylic acids is 1. The first kappa shape index (κ1) is 9.64. The molecule has 0 amide bonds. The molecule has 15 heavy (non-hydrogen) atoms. The van der Waals surface area contributed by atoms with Crippen LogP contribution in [0.3, 0.4) is 0 Å². The minimum absolute atomic E-state index is 0.282. The molecule has 3 saturated carbocycles. The van der Waals surface area contributed by atoms with Crippen molar-refractivity contribution < 1.29 is 15.0 Å². The summed E-state index contributed by atoms with van der Waals surface area (Å²) in [4.78, 5) is 11.2. The highest BCUT2D eigenvalue weighted by Crippen LogP contribution is 2.56. The molecule has 3 nitrogen and oxygen atoms in total. The molecule has 0 aromatic heterocycles. The van der Waals surface area contributed by atoms with Gasteiger partial charge < -0.3 is 10.2 Å². The zero-order valence-corrected chi connectivity index (χ0v) is 8.85. The number of carboxylic acid groups (broad SMARTS) is 1. The molecule has 0 heterocycles. The van der Waals surface area contributed by atoms with Gasteiger partial charge in [-0.15, -0.1) is 0 Å². The van der Waals surface area contributed by atoms with E-state index in [1.807, 2.05) is 0 Å². The van der Waals surface area contributed by atoms with Gasteiger partial charge in [0.1, 0.15) is 0 Å². The summed E-state index contributed by atoms with van der Waals surface area (Å²) in [6.07, 6.45) is 5.57. The molecule has 0 radical (unpaired) electrons. The van der Waals surface area contributed by atoms with E-state index in [-0.39, 0.29) is 5.92 Å². The van der Waals surface area contributed by atoms with Gasteiger partial charge in [0, 0.05) is 0 Å². The smallest absolute Gasteiger partial charge is 0.306 e. The molecule has 0 aromatic rings. The van der Waals surface area contributed by atoms with Crippen LogP contribution in [0, 0.1) is 23.7 Å². The molecule has 0 saturated heterocycles. The Morgan fingerprint density at radius 2 is 2.00 bits per heavy atom. The first-order valence-electron chi connectivity index (χ1n) is 6.03. The van der Waals surface area contributed by atoms with Crippen LogP contribution in [0.2, 0.25) is 0 Å². The van der Waals surface area contributed by atoms with Crippen molar-refractivity contribution in [2.75, 3.05) is 0 Å². The van der Waals surface area contributed by atoms with E-state index in [2.05, 4.69) is 0 Å². The molecule has 5 unspecified atom stereocenters. The van der Waals surface area contributed by atoms with Gasteiger partial charge in [-0.1, -0.05) is 6.42 Å². The van der Waals surface area contributed by atoms with Crippen LogP contribution in [0.5, 0.6) is 0 Å². The summed E-state index contributed by atoms with van der Waals surface area (Å²) in [5.41, 5.74) is -0.645. The number of aliphatic hydroxyl groups is 1. The molecule has 3 aliphatic carbocycles. The zero-order valence-electron chi connectivity index (χ0n) is 8.85. The third kappa shape index (κ3) is 1.40. The van der Waals surface area contributed by atoms with E-state index in [4.69, 9.17) is 0 Å². The van der Waals surface area contributed by atoms with Crippen molar-refractivity contribution >= 4 is 5.97 Å². The van der Waals surface area contributed by atoms with E-state index in [1.54, 1.807) is 0 Å². The van der Waals surface area contributed by atoms with E-state index < -0.39 is 11.6 Å². The quantitative estimate of drug-likeness (QED) is 0.692. The Labute approximate surface area is 89.5 Å². The van der Waals surface area contributed by atoms with Gasteiger partial charge in [0.2, 0.25) is 0 Å². The summed E-state index contributed by atoms with van der Waals surface area (Å²) in [5, 5.41) is 19.6. The lowest BCUT2D eigenvalue weighted by Gasteiger charge is -2.54.